The Kier molecular flexibility index (Phi) is 12.8. The molecule has 0 spiro atoms. The molecule has 8 rings (SSSR count). The summed E-state index contributed by atoms with van der Waals surface area (Å²) in [6.45, 7) is 3.86. The fraction of sp³-hybridized carbons (Fsp3) is 0.455. The van der Waals surface area contributed by atoms with Crippen LogP contribution >= 0.6 is 0 Å². The second-order valence-corrected chi connectivity index (χ2v) is 16.6. The maximum absolute atomic E-state index is 13.3. The van der Waals surface area contributed by atoms with Gasteiger partial charge in [0.1, 0.15) is 29.2 Å². The van der Waals surface area contributed by atoms with Gasteiger partial charge in [-0.2, -0.15) is 4.98 Å². The van der Waals surface area contributed by atoms with Crippen molar-refractivity contribution in [3.8, 4) is 5.75 Å². The van der Waals surface area contributed by atoms with E-state index in [1.807, 2.05) is 18.9 Å². The quantitative estimate of drug-likeness (QED) is 0.119. The van der Waals surface area contributed by atoms with E-state index < -0.39 is 11.9 Å². The van der Waals surface area contributed by atoms with Crippen LogP contribution in [0.3, 0.4) is 0 Å². The zero-order valence-electron chi connectivity index (χ0n) is 36.4. The molecule has 5 heterocycles. The zero-order chi connectivity index (χ0) is 45.1. The highest BCUT2D eigenvalue weighted by Crippen LogP contribution is 2.40. The van der Waals surface area contributed by atoms with Gasteiger partial charge in [0.2, 0.25) is 29.6 Å². The number of benzene rings is 2. The Bertz CT molecular complexity index is 2470. The number of likely N-dealkylation sites (N-methyl/N-ethyl adjacent to an activating group) is 2. The number of ether oxygens (including phenoxy) is 1. The minimum absolute atomic E-state index is 0.0470. The first kappa shape index (κ1) is 43.7. The number of imide groups is 1. The van der Waals surface area contributed by atoms with Crippen molar-refractivity contribution < 1.29 is 33.5 Å². The van der Waals surface area contributed by atoms with Crippen molar-refractivity contribution in [1.82, 2.24) is 45.4 Å². The van der Waals surface area contributed by atoms with Gasteiger partial charge < -0.3 is 40.3 Å². The summed E-state index contributed by atoms with van der Waals surface area (Å²) in [5, 5.41) is 19.8. The number of hydrogen-bond donors (Lipinski definition) is 4. The van der Waals surface area contributed by atoms with Crippen molar-refractivity contribution >= 4 is 64.3 Å². The average molecular weight is 876 g/mol. The molecular weight excluding hydrogens is 823 g/mol. The minimum Gasteiger partial charge on any atom is -0.495 e. The number of rotatable bonds is 16. The number of nitrogens with zero attached hydrogens (tertiary/aromatic N) is 9. The Morgan fingerprint density at radius 3 is 2.61 bits per heavy atom. The number of piperidine rings is 1. The van der Waals surface area contributed by atoms with Crippen molar-refractivity contribution in [3.05, 3.63) is 71.2 Å². The second-order valence-electron chi connectivity index (χ2n) is 16.6. The molecule has 336 valence electrons. The van der Waals surface area contributed by atoms with Crippen LogP contribution in [-0.2, 0) is 38.8 Å². The summed E-state index contributed by atoms with van der Waals surface area (Å²) in [5.74, 6) is -0.140. The lowest BCUT2D eigenvalue weighted by Crippen LogP contribution is -2.55. The molecule has 1 saturated heterocycles. The zero-order valence-corrected chi connectivity index (χ0v) is 36.4. The van der Waals surface area contributed by atoms with Crippen LogP contribution in [0.4, 0.5) is 28.8 Å². The van der Waals surface area contributed by atoms with Crippen LogP contribution in [0.5, 0.6) is 5.75 Å². The van der Waals surface area contributed by atoms with E-state index in [-0.39, 0.29) is 74.0 Å². The van der Waals surface area contributed by atoms with Crippen molar-refractivity contribution in [1.29, 1.82) is 0 Å². The van der Waals surface area contributed by atoms with Crippen molar-refractivity contribution in [2.24, 2.45) is 0 Å². The van der Waals surface area contributed by atoms with E-state index in [0.29, 0.717) is 77.2 Å². The SMILES string of the molecule is CC[C@@H]1C(=O)N(C)c2cnc(Nc3ccc(C(=O)NCc4cn(CCN(C)CCC(=O)Nc5cccc6c5CN(C5CCC(=O)NC5=O)C6=O)nn4)cc3OC)nc2N1C1CCCC1. The molecule has 20 nitrogen and oxygen atoms in total. The van der Waals surface area contributed by atoms with Crippen LogP contribution in [0.1, 0.15) is 90.3 Å². The van der Waals surface area contributed by atoms with E-state index in [1.54, 1.807) is 65.4 Å². The molecule has 0 radical (unpaired) electrons. The molecule has 4 N–H and O–H groups in total. The van der Waals surface area contributed by atoms with Gasteiger partial charge in [-0.25, -0.2) is 4.98 Å². The number of nitrogens with one attached hydrogen (secondary N) is 4. The second kappa shape index (κ2) is 18.8. The van der Waals surface area contributed by atoms with E-state index in [1.165, 1.54) is 12.0 Å². The summed E-state index contributed by atoms with van der Waals surface area (Å²) in [4.78, 5) is 93.5. The molecular formula is C44H53N13O7. The number of hydrogen-bond acceptors (Lipinski definition) is 14. The fourth-order valence-corrected chi connectivity index (χ4v) is 8.89. The molecule has 6 amide bonds. The van der Waals surface area contributed by atoms with Gasteiger partial charge >= 0.3 is 0 Å². The number of carbonyl (C=O) groups is 6. The Hall–Kier alpha value is -6.96. The first-order chi connectivity index (χ1) is 30.9. The third-order valence-corrected chi connectivity index (χ3v) is 12.4. The molecule has 4 aliphatic rings. The van der Waals surface area contributed by atoms with E-state index in [4.69, 9.17) is 9.72 Å². The monoisotopic (exact) mass is 875 g/mol. The minimum atomic E-state index is -0.739. The Balaban J connectivity index is 0.802. The van der Waals surface area contributed by atoms with E-state index in [9.17, 15) is 28.8 Å². The average Bonchev–Trinajstić information content (AvgIpc) is 4.07. The van der Waals surface area contributed by atoms with Crippen LogP contribution in [0, 0.1) is 0 Å². The molecule has 20 heteroatoms. The number of amides is 6. The maximum Gasteiger partial charge on any atom is 0.255 e. The molecule has 4 aromatic rings. The van der Waals surface area contributed by atoms with Gasteiger partial charge in [-0.3, -0.25) is 38.8 Å². The summed E-state index contributed by atoms with van der Waals surface area (Å²) in [5.41, 5.74) is 3.79. The molecule has 1 aliphatic carbocycles. The highest BCUT2D eigenvalue weighted by Gasteiger charge is 2.42. The maximum atomic E-state index is 13.3. The van der Waals surface area contributed by atoms with Crippen LogP contribution in [-0.4, -0.2) is 123 Å². The van der Waals surface area contributed by atoms with E-state index in [2.05, 4.69) is 41.5 Å². The topological polar surface area (TPSA) is 229 Å². The molecule has 2 aromatic carbocycles. The summed E-state index contributed by atoms with van der Waals surface area (Å²) >= 11 is 0. The largest absolute Gasteiger partial charge is 0.495 e. The van der Waals surface area contributed by atoms with Gasteiger partial charge in [-0.05, 0) is 63.1 Å². The standard InChI is InChI=1S/C44H53N13O7/c1-5-33-43(63)54(3)35-23-46-44(50-39(35)57(33)28-9-6-7-10-28)48-32-14-13-26(21-36(32)64-4)40(60)45-22-27-24-55(52-51-27)20-19-53(2)18-17-38(59)47-31-12-8-11-29-30(31)25-56(42(29)62)34-15-16-37(58)49-41(34)61/h8,11-14,21,23-24,28,33-34H,5-7,9-10,15-20,22,25H2,1-4H3,(H,45,60)(H,47,59)(H,46,48,50)(H,49,58,61)/t33-,34?/m1/s1. The lowest BCUT2D eigenvalue weighted by molar-refractivity contribution is -0.137. The van der Waals surface area contributed by atoms with Gasteiger partial charge in [0.15, 0.2) is 5.82 Å². The summed E-state index contributed by atoms with van der Waals surface area (Å²) in [7, 11) is 5.18. The molecule has 1 unspecified atom stereocenters. The highest BCUT2D eigenvalue weighted by atomic mass is 16.5. The summed E-state index contributed by atoms with van der Waals surface area (Å²) in [6, 6.07) is 9.38. The van der Waals surface area contributed by atoms with Crippen LogP contribution in [0.15, 0.2) is 48.8 Å². The van der Waals surface area contributed by atoms with Crippen LogP contribution in [0.25, 0.3) is 0 Å². The molecule has 1 saturated carbocycles. The third-order valence-electron chi connectivity index (χ3n) is 12.4. The third kappa shape index (κ3) is 9.08. The first-order valence-corrected chi connectivity index (χ1v) is 21.7. The van der Waals surface area contributed by atoms with E-state index >= 15 is 0 Å². The van der Waals surface area contributed by atoms with E-state index in [0.717, 1.165) is 31.5 Å². The first-order valence-electron chi connectivity index (χ1n) is 21.7. The number of aromatic nitrogens is 5. The molecule has 2 aromatic heterocycles. The Morgan fingerprint density at radius 2 is 1.84 bits per heavy atom. The molecule has 64 heavy (non-hydrogen) atoms. The Morgan fingerprint density at radius 1 is 1.03 bits per heavy atom. The Labute approximate surface area is 370 Å². The van der Waals surface area contributed by atoms with Crippen molar-refractivity contribution in [3.63, 3.8) is 0 Å². The highest BCUT2D eigenvalue weighted by molar-refractivity contribution is 6.07. The number of methoxy groups -OCH3 is 1. The number of anilines is 5. The van der Waals surface area contributed by atoms with Crippen LogP contribution in [0.2, 0.25) is 0 Å². The summed E-state index contributed by atoms with van der Waals surface area (Å²) < 4.78 is 7.34. The molecule has 2 atom stereocenters. The normalized spacial score (nSPS) is 18.6. The predicted molar refractivity (Wildman–Crippen MR) is 235 cm³/mol. The number of fused-ring (bicyclic) bond motifs is 2. The summed E-state index contributed by atoms with van der Waals surface area (Å²) in [6.07, 6.45) is 9.00. The predicted octanol–water partition coefficient (Wildman–Crippen LogP) is 2.98. The van der Waals surface area contributed by atoms with Gasteiger partial charge in [0.25, 0.3) is 11.8 Å². The van der Waals surface area contributed by atoms with Crippen molar-refractivity contribution in [2.45, 2.75) is 96.1 Å². The lowest BCUT2D eigenvalue weighted by atomic mass is 10.0. The molecule has 3 aliphatic heterocycles. The van der Waals surface area contributed by atoms with Gasteiger partial charge in [0, 0.05) is 67.9 Å². The molecule has 0 bridgehead atoms. The van der Waals surface area contributed by atoms with Crippen LogP contribution < -0.4 is 35.8 Å². The van der Waals surface area contributed by atoms with Crippen molar-refractivity contribution in [2.75, 3.05) is 54.7 Å². The molecule has 2 fully saturated rings. The van der Waals surface area contributed by atoms with Gasteiger partial charge in [0.05, 0.1) is 38.3 Å². The number of carbonyl (C=O) groups excluding carboxylic acids is 6. The van der Waals surface area contributed by atoms with Gasteiger partial charge in [-0.15, -0.1) is 5.10 Å². The fourth-order valence-electron chi connectivity index (χ4n) is 8.89. The van der Waals surface area contributed by atoms with Gasteiger partial charge in [-0.1, -0.05) is 31.0 Å². The smallest absolute Gasteiger partial charge is 0.255 e. The lowest BCUT2D eigenvalue weighted by Gasteiger charge is -2.43.